The summed E-state index contributed by atoms with van der Waals surface area (Å²) in [5, 5.41) is 0. The van der Waals surface area contributed by atoms with Crippen LogP contribution in [0.5, 0.6) is 5.75 Å². The van der Waals surface area contributed by atoms with Gasteiger partial charge in [-0.05, 0) is 24.1 Å². The molecule has 0 amide bonds. The summed E-state index contributed by atoms with van der Waals surface area (Å²) in [6.45, 7) is 2.77. The molecule has 112 valence electrons. The molecule has 4 nitrogen and oxygen atoms in total. The molecule has 1 aliphatic heterocycles. The first-order chi connectivity index (χ1) is 9.29. The molecule has 0 aliphatic carbocycles. The zero-order valence-corrected chi connectivity index (χ0v) is 14.9. The minimum atomic E-state index is 0. The third-order valence-corrected chi connectivity index (χ3v) is 4.11. The van der Waals surface area contributed by atoms with E-state index in [-0.39, 0.29) is 24.0 Å². The second-order valence-corrected chi connectivity index (χ2v) is 5.66. The molecule has 0 bridgehead atoms. The zero-order chi connectivity index (χ0) is 13.5. The SMILES string of the molecule is COc1ccc(CCN=C(N)N2CCSCC2)cc1.I. The summed E-state index contributed by atoms with van der Waals surface area (Å²) < 4.78 is 5.14. The van der Waals surface area contributed by atoms with Gasteiger partial charge in [-0.2, -0.15) is 11.8 Å². The van der Waals surface area contributed by atoms with Crippen LogP contribution in [0, 0.1) is 0 Å². The lowest BCUT2D eigenvalue weighted by Gasteiger charge is -2.27. The van der Waals surface area contributed by atoms with Gasteiger partial charge >= 0.3 is 0 Å². The van der Waals surface area contributed by atoms with Crippen molar-refractivity contribution in [3.63, 3.8) is 0 Å². The van der Waals surface area contributed by atoms with Gasteiger partial charge in [0.25, 0.3) is 0 Å². The summed E-state index contributed by atoms with van der Waals surface area (Å²) in [6.07, 6.45) is 0.910. The number of ether oxygens (including phenoxy) is 1. The van der Waals surface area contributed by atoms with E-state index in [9.17, 15) is 0 Å². The maximum atomic E-state index is 6.00. The molecule has 20 heavy (non-hydrogen) atoms. The fourth-order valence-corrected chi connectivity index (χ4v) is 2.89. The molecule has 1 heterocycles. The molecule has 6 heteroatoms. The van der Waals surface area contributed by atoms with Crippen molar-refractivity contribution in [2.45, 2.75) is 6.42 Å². The number of benzene rings is 1. The van der Waals surface area contributed by atoms with Gasteiger partial charge in [0.15, 0.2) is 5.96 Å². The molecule has 0 atom stereocenters. The Morgan fingerprint density at radius 1 is 1.30 bits per heavy atom. The average Bonchev–Trinajstić information content (AvgIpc) is 2.49. The maximum absolute atomic E-state index is 6.00. The summed E-state index contributed by atoms with van der Waals surface area (Å²) in [7, 11) is 1.68. The number of hydrogen-bond acceptors (Lipinski definition) is 3. The topological polar surface area (TPSA) is 50.9 Å². The van der Waals surface area contributed by atoms with Crippen molar-refractivity contribution in [2.75, 3.05) is 38.2 Å². The van der Waals surface area contributed by atoms with Gasteiger partial charge in [0.1, 0.15) is 5.75 Å². The van der Waals surface area contributed by atoms with Crippen molar-refractivity contribution in [3.05, 3.63) is 29.8 Å². The highest BCUT2D eigenvalue weighted by molar-refractivity contribution is 14.0. The second kappa shape index (κ2) is 9.33. The number of nitrogens with two attached hydrogens (primary N) is 1. The Morgan fingerprint density at radius 3 is 2.55 bits per heavy atom. The van der Waals surface area contributed by atoms with E-state index in [1.807, 2.05) is 23.9 Å². The van der Waals surface area contributed by atoms with Crippen molar-refractivity contribution >= 4 is 41.7 Å². The lowest BCUT2D eigenvalue weighted by molar-refractivity contribution is 0.414. The third-order valence-electron chi connectivity index (χ3n) is 3.17. The van der Waals surface area contributed by atoms with Crippen LogP contribution in [0.3, 0.4) is 0 Å². The Kier molecular flexibility index (Phi) is 8.13. The normalized spacial score (nSPS) is 15.7. The lowest BCUT2D eigenvalue weighted by atomic mass is 10.1. The molecule has 1 aromatic rings. The van der Waals surface area contributed by atoms with Crippen molar-refractivity contribution in [3.8, 4) is 5.75 Å². The Balaban J connectivity index is 0.00000200. The van der Waals surface area contributed by atoms with Gasteiger partial charge in [0.05, 0.1) is 7.11 Å². The molecule has 2 N–H and O–H groups in total. The molecule has 0 aromatic heterocycles. The number of thioether (sulfide) groups is 1. The highest BCUT2D eigenvalue weighted by Gasteiger charge is 2.11. The maximum Gasteiger partial charge on any atom is 0.191 e. The van der Waals surface area contributed by atoms with E-state index >= 15 is 0 Å². The highest BCUT2D eigenvalue weighted by atomic mass is 127. The number of guanidine groups is 1. The largest absolute Gasteiger partial charge is 0.497 e. The van der Waals surface area contributed by atoms with Gasteiger partial charge in [-0.1, -0.05) is 12.1 Å². The standard InChI is InChI=1S/C14H21N3OS.HI/c1-18-13-4-2-12(3-5-13)6-7-16-14(15)17-8-10-19-11-9-17;/h2-5H,6-11H2,1H3,(H2,15,16);1H. The fraction of sp³-hybridized carbons (Fsp3) is 0.500. The summed E-state index contributed by atoms with van der Waals surface area (Å²) in [5.74, 6) is 3.87. The van der Waals surface area contributed by atoms with Crippen LogP contribution in [0.4, 0.5) is 0 Å². The summed E-state index contributed by atoms with van der Waals surface area (Å²) >= 11 is 1.98. The van der Waals surface area contributed by atoms with Crippen LogP contribution >= 0.6 is 35.7 Å². The number of nitrogens with zero attached hydrogens (tertiary/aromatic N) is 2. The predicted molar refractivity (Wildman–Crippen MR) is 97.5 cm³/mol. The molecular formula is C14H22IN3OS. The van der Waals surface area contributed by atoms with Crippen LogP contribution in [-0.4, -0.2) is 49.1 Å². The first kappa shape index (κ1) is 17.4. The first-order valence-electron chi connectivity index (χ1n) is 6.55. The molecule has 0 unspecified atom stereocenters. The van der Waals surface area contributed by atoms with E-state index in [1.54, 1.807) is 7.11 Å². The van der Waals surface area contributed by atoms with Crippen LogP contribution in [0.1, 0.15) is 5.56 Å². The Morgan fingerprint density at radius 2 is 1.95 bits per heavy atom. The predicted octanol–water partition coefficient (Wildman–Crippen LogP) is 2.22. The van der Waals surface area contributed by atoms with Gasteiger partial charge in [0.2, 0.25) is 0 Å². The Hall–Kier alpha value is -0.630. The van der Waals surface area contributed by atoms with Crippen LogP contribution in [0.15, 0.2) is 29.3 Å². The molecular weight excluding hydrogens is 385 g/mol. The van der Waals surface area contributed by atoms with E-state index < -0.39 is 0 Å². The minimum Gasteiger partial charge on any atom is -0.497 e. The van der Waals surface area contributed by atoms with Gasteiger partial charge in [0, 0.05) is 31.1 Å². The third kappa shape index (κ3) is 5.40. The summed E-state index contributed by atoms with van der Waals surface area (Å²) in [4.78, 5) is 6.64. The number of methoxy groups -OCH3 is 1. The van der Waals surface area contributed by atoms with Crippen LogP contribution in [0.25, 0.3) is 0 Å². The van der Waals surface area contributed by atoms with E-state index in [2.05, 4.69) is 22.0 Å². The monoisotopic (exact) mass is 407 g/mol. The van der Waals surface area contributed by atoms with E-state index in [0.29, 0.717) is 5.96 Å². The van der Waals surface area contributed by atoms with Crippen molar-refractivity contribution in [1.29, 1.82) is 0 Å². The van der Waals surface area contributed by atoms with E-state index in [4.69, 9.17) is 10.5 Å². The minimum absolute atomic E-state index is 0. The van der Waals surface area contributed by atoms with Gasteiger partial charge < -0.3 is 15.4 Å². The smallest absolute Gasteiger partial charge is 0.191 e. The van der Waals surface area contributed by atoms with Gasteiger partial charge in [-0.3, -0.25) is 4.99 Å². The molecule has 1 aliphatic rings. The van der Waals surface area contributed by atoms with Crippen molar-refractivity contribution in [2.24, 2.45) is 10.7 Å². The Bertz CT molecular complexity index is 419. The molecule has 2 rings (SSSR count). The van der Waals surface area contributed by atoms with Crippen molar-refractivity contribution in [1.82, 2.24) is 4.90 Å². The number of hydrogen-bond donors (Lipinski definition) is 1. The molecule has 1 aromatic carbocycles. The van der Waals surface area contributed by atoms with Crippen LogP contribution in [-0.2, 0) is 6.42 Å². The molecule has 0 spiro atoms. The van der Waals surface area contributed by atoms with Crippen LogP contribution < -0.4 is 10.5 Å². The van der Waals surface area contributed by atoms with E-state index in [0.717, 1.165) is 43.3 Å². The lowest BCUT2D eigenvalue weighted by Crippen LogP contribution is -2.42. The van der Waals surface area contributed by atoms with Gasteiger partial charge in [-0.15, -0.1) is 24.0 Å². The molecule has 0 radical (unpaired) electrons. The van der Waals surface area contributed by atoms with Crippen molar-refractivity contribution < 1.29 is 4.74 Å². The Labute approximate surface area is 142 Å². The summed E-state index contributed by atoms with van der Waals surface area (Å²) in [5.41, 5.74) is 7.26. The average molecular weight is 407 g/mol. The fourth-order valence-electron chi connectivity index (χ4n) is 1.98. The molecule has 1 saturated heterocycles. The van der Waals surface area contributed by atoms with Crippen LogP contribution in [0.2, 0.25) is 0 Å². The number of aliphatic imine (C=N–C) groups is 1. The second-order valence-electron chi connectivity index (χ2n) is 4.44. The number of halogens is 1. The molecule has 1 fully saturated rings. The highest BCUT2D eigenvalue weighted by Crippen LogP contribution is 2.12. The quantitative estimate of drug-likeness (QED) is 0.473. The summed E-state index contributed by atoms with van der Waals surface area (Å²) in [6, 6.07) is 8.10. The number of rotatable bonds is 4. The van der Waals surface area contributed by atoms with E-state index in [1.165, 1.54) is 5.56 Å². The first-order valence-corrected chi connectivity index (χ1v) is 7.70. The van der Waals surface area contributed by atoms with Gasteiger partial charge in [-0.25, -0.2) is 0 Å². The zero-order valence-electron chi connectivity index (χ0n) is 11.7. The molecule has 0 saturated carbocycles.